The number of para-hydroxylation sites is 2. The number of hydrogen-bond donors (Lipinski definition) is 2. The summed E-state index contributed by atoms with van der Waals surface area (Å²) >= 11 is 0. The van der Waals surface area contributed by atoms with Crippen molar-refractivity contribution >= 4 is 11.6 Å². The Labute approximate surface area is 114 Å². The van der Waals surface area contributed by atoms with Crippen molar-refractivity contribution in [2.75, 3.05) is 11.9 Å². The number of nitrogens with one attached hydrogen (secondary N) is 2. The molecule has 2 atom stereocenters. The highest BCUT2D eigenvalue weighted by Crippen LogP contribution is 2.26. The molecule has 2 rings (SSSR count). The first-order valence-electron chi connectivity index (χ1n) is 6.88. The van der Waals surface area contributed by atoms with Gasteiger partial charge in [-0.05, 0) is 44.9 Å². The summed E-state index contributed by atoms with van der Waals surface area (Å²) in [6.45, 7) is 6.95. The van der Waals surface area contributed by atoms with Crippen LogP contribution in [0.4, 0.5) is 5.69 Å². The number of ether oxygens (including phenoxy) is 1. The molecule has 0 saturated carbocycles. The molecule has 0 aliphatic carbocycles. The second kappa shape index (κ2) is 6.06. The molecule has 1 aromatic carbocycles. The van der Waals surface area contributed by atoms with Crippen molar-refractivity contribution in [2.45, 2.75) is 39.3 Å². The lowest BCUT2D eigenvalue weighted by Gasteiger charge is -2.18. The Bertz CT molecular complexity index is 446. The number of hydrogen-bond acceptors (Lipinski definition) is 3. The van der Waals surface area contributed by atoms with E-state index in [1.165, 1.54) is 0 Å². The van der Waals surface area contributed by atoms with Crippen LogP contribution in [-0.2, 0) is 4.79 Å². The quantitative estimate of drug-likeness (QED) is 0.876. The van der Waals surface area contributed by atoms with Gasteiger partial charge in [0, 0.05) is 0 Å². The van der Waals surface area contributed by atoms with Crippen LogP contribution < -0.4 is 15.4 Å². The maximum absolute atomic E-state index is 12.2. The monoisotopic (exact) mass is 262 g/mol. The van der Waals surface area contributed by atoms with E-state index in [1.54, 1.807) is 0 Å². The smallest absolute Gasteiger partial charge is 0.241 e. The molecule has 1 aliphatic heterocycles. The Morgan fingerprint density at radius 1 is 1.42 bits per heavy atom. The highest BCUT2D eigenvalue weighted by molar-refractivity contribution is 5.96. The third-order valence-electron chi connectivity index (χ3n) is 3.32. The van der Waals surface area contributed by atoms with E-state index in [0.717, 1.165) is 24.4 Å². The second-order valence-corrected chi connectivity index (χ2v) is 5.35. The Hall–Kier alpha value is -1.55. The highest BCUT2D eigenvalue weighted by atomic mass is 16.5. The van der Waals surface area contributed by atoms with E-state index in [1.807, 2.05) is 38.1 Å². The molecule has 4 heteroatoms. The van der Waals surface area contributed by atoms with Gasteiger partial charge in [0.05, 0.1) is 17.8 Å². The minimum absolute atomic E-state index is 0.0183. The van der Waals surface area contributed by atoms with Crippen molar-refractivity contribution in [1.29, 1.82) is 0 Å². The topological polar surface area (TPSA) is 50.4 Å². The van der Waals surface area contributed by atoms with Gasteiger partial charge in [0.25, 0.3) is 0 Å². The molecule has 104 valence electrons. The number of carbonyl (C=O) groups is 1. The molecular weight excluding hydrogens is 240 g/mol. The SMILES string of the molecule is CC(C)Oc1ccccc1NC(=O)C1NCCC1C. The first-order chi connectivity index (χ1) is 9.08. The van der Waals surface area contributed by atoms with Gasteiger partial charge in [0.15, 0.2) is 0 Å². The molecule has 0 radical (unpaired) electrons. The van der Waals surface area contributed by atoms with E-state index >= 15 is 0 Å². The molecular formula is C15H22N2O2. The van der Waals surface area contributed by atoms with E-state index in [2.05, 4.69) is 17.6 Å². The lowest BCUT2D eigenvalue weighted by Crippen LogP contribution is -2.39. The van der Waals surface area contributed by atoms with Crippen molar-refractivity contribution in [3.63, 3.8) is 0 Å². The number of rotatable bonds is 4. The fourth-order valence-corrected chi connectivity index (χ4v) is 2.32. The van der Waals surface area contributed by atoms with Crippen molar-refractivity contribution < 1.29 is 9.53 Å². The molecule has 0 bridgehead atoms. The van der Waals surface area contributed by atoms with Crippen LogP contribution in [0.2, 0.25) is 0 Å². The van der Waals surface area contributed by atoms with E-state index in [0.29, 0.717) is 5.92 Å². The molecule has 0 spiro atoms. The first-order valence-corrected chi connectivity index (χ1v) is 6.88. The summed E-state index contributed by atoms with van der Waals surface area (Å²) in [4.78, 5) is 12.2. The summed E-state index contributed by atoms with van der Waals surface area (Å²) in [6, 6.07) is 7.45. The summed E-state index contributed by atoms with van der Waals surface area (Å²) in [6.07, 6.45) is 1.13. The Balaban J connectivity index is 2.08. The molecule has 0 aromatic heterocycles. The van der Waals surface area contributed by atoms with Crippen LogP contribution in [0.3, 0.4) is 0 Å². The average molecular weight is 262 g/mol. The molecule has 2 N–H and O–H groups in total. The van der Waals surface area contributed by atoms with Gasteiger partial charge in [-0.1, -0.05) is 19.1 Å². The minimum Gasteiger partial charge on any atom is -0.489 e. The fourth-order valence-electron chi connectivity index (χ4n) is 2.32. The lowest BCUT2D eigenvalue weighted by atomic mass is 10.0. The molecule has 1 saturated heterocycles. The summed E-state index contributed by atoms with van der Waals surface area (Å²) < 4.78 is 5.70. The summed E-state index contributed by atoms with van der Waals surface area (Å²) in [5.41, 5.74) is 0.738. The van der Waals surface area contributed by atoms with E-state index in [-0.39, 0.29) is 18.1 Å². The zero-order chi connectivity index (χ0) is 13.8. The van der Waals surface area contributed by atoms with Crippen LogP contribution in [-0.4, -0.2) is 24.6 Å². The Kier molecular flexibility index (Phi) is 4.43. The molecule has 1 aromatic rings. The zero-order valence-corrected chi connectivity index (χ0v) is 11.8. The maximum Gasteiger partial charge on any atom is 0.241 e. The largest absolute Gasteiger partial charge is 0.489 e. The van der Waals surface area contributed by atoms with Gasteiger partial charge in [0.1, 0.15) is 5.75 Å². The van der Waals surface area contributed by atoms with E-state index < -0.39 is 0 Å². The van der Waals surface area contributed by atoms with E-state index in [9.17, 15) is 4.79 Å². The zero-order valence-electron chi connectivity index (χ0n) is 11.8. The Morgan fingerprint density at radius 3 is 2.79 bits per heavy atom. The van der Waals surface area contributed by atoms with Gasteiger partial charge < -0.3 is 15.4 Å². The standard InChI is InChI=1S/C15H22N2O2/c1-10(2)19-13-7-5-4-6-12(13)17-15(18)14-11(3)8-9-16-14/h4-7,10-11,14,16H,8-9H2,1-3H3,(H,17,18). The average Bonchev–Trinajstić information content (AvgIpc) is 2.77. The summed E-state index contributed by atoms with van der Waals surface area (Å²) in [5, 5.41) is 6.20. The summed E-state index contributed by atoms with van der Waals surface area (Å²) in [7, 11) is 0. The van der Waals surface area contributed by atoms with Crippen LogP contribution in [0.1, 0.15) is 27.2 Å². The molecule has 1 fully saturated rings. The number of benzene rings is 1. The first kappa shape index (κ1) is 13.9. The van der Waals surface area contributed by atoms with Crippen molar-refractivity contribution in [2.24, 2.45) is 5.92 Å². The van der Waals surface area contributed by atoms with Crippen LogP contribution >= 0.6 is 0 Å². The van der Waals surface area contributed by atoms with Crippen molar-refractivity contribution in [3.05, 3.63) is 24.3 Å². The van der Waals surface area contributed by atoms with Gasteiger partial charge in [-0.25, -0.2) is 0 Å². The van der Waals surface area contributed by atoms with Crippen molar-refractivity contribution in [1.82, 2.24) is 5.32 Å². The molecule has 2 unspecified atom stereocenters. The normalized spacial score (nSPS) is 22.5. The summed E-state index contributed by atoms with van der Waals surface area (Å²) in [5.74, 6) is 1.11. The predicted octanol–water partition coefficient (Wildman–Crippen LogP) is 2.41. The molecule has 1 aliphatic rings. The van der Waals surface area contributed by atoms with Crippen LogP contribution in [0.25, 0.3) is 0 Å². The molecule has 1 amide bonds. The third kappa shape index (κ3) is 3.47. The van der Waals surface area contributed by atoms with Gasteiger partial charge in [-0.2, -0.15) is 0 Å². The van der Waals surface area contributed by atoms with Gasteiger partial charge >= 0.3 is 0 Å². The predicted molar refractivity (Wildman–Crippen MR) is 76.4 cm³/mol. The highest BCUT2D eigenvalue weighted by Gasteiger charge is 2.29. The fraction of sp³-hybridized carbons (Fsp3) is 0.533. The minimum atomic E-state index is -0.105. The number of anilines is 1. The van der Waals surface area contributed by atoms with E-state index in [4.69, 9.17) is 4.74 Å². The molecule has 1 heterocycles. The molecule has 4 nitrogen and oxygen atoms in total. The van der Waals surface area contributed by atoms with Crippen LogP contribution in [0.5, 0.6) is 5.75 Å². The van der Waals surface area contributed by atoms with Crippen LogP contribution in [0, 0.1) is 5.92 Å². The Morgan fingerprint density at radius 2 is 2.16 bits per heavy atom. The molecule has 19 heavy (non-hydrogen) atoms. The second-order valence-electron chi connectivity index (χ2n) is 5.35. The van der Waals surface area contributed by atoms with Crippen molar-refractivity contribution in [3.8, 4) is 5.75 Å². The van der Waals surface area contributed by atoms with Crippen LogP contribution in [0.15, 0.2) is 24.3 Å². The van der Waals surface area contributed by atoms with Gasteiger partial charge in [0.2, 0.25) is 5.91 Å². The van der Waals surface area contributed by atoms with Gasteiger partial charge in [-0.3, -0.25) is 4.79 Å². The maximum atomic E-state index is 12.2. The third-order valence-corrected chi connectivity index (χ3v) is 3.32. The lowest BCUT2D eigenvalue weighted by molar-refractivity contribution is -0.118. The number of amides is 1. The number of carbonyl (C=O) groups excluding carboxylic acids is 1. The van der Waals surface area contributed by atoms with Gasteiger partial charge in [-0.15, -0.1) is 0 Å².